The van der Waals surface area contributed by atoms with Crippen LogP contribution in [-0.2, 0) is 11.9 Å². The summed E-state index contributed by atoms with van der Waals surface area (Å²) in [5.74, 6) is 1.53. The van der Waals surface area contributed by atoms with E-state index in [9.17, 15) is 13.2 Å². The van der Waals surface area contributed by atoms with Crippen molar-refractivity contribution in [1.82, 2.24) is 19.6 Å². The van der Waals surface area contributed by atoms with Crippen molar-refractivity contribution in [3.8, 4) is 0 Å². The third-order valence-corrected chi connectivity index (χ3v) is 3.62. The summed E-state index contributed by atoms with van der Waals surface area (Å²) in [5.41, 5.74) is -0.391. The molecule has 0 unspecified atom stereocenters. The van der Waals surface area contributed by atoms with E-state index < -0.39 is 11.7 Å². The van der Waals surface area contributed by atoms with Gasteiger partial charge in [0.15, 0.2) is 10.8 Å². The minimum atomic E-state index is -4.40. The van der Waals surface area contributed by atoms with Gasteiger partial charge in [0.1, 0.15) is 5.76 Å². The first-order valence-corrected chi connectivity index (χ1v) is 6.88. The summed E-state index contributed by atoms with van der Waals surface area (Å²) < 4.78 is 44.8. The van der Waals surface area contributed by atoms with Crippen molar-refractivity contribution in [2.24, 2.45) is 0 Å². The topological polar surface area (TPSA) is 56.2 Å². The zero-order valence-corrected chi connectivity index (χ0v) is 11.6. The molecule has 0 spiro atoms. The van der Waals surface area contributed by atoms with Gasteiger partial charge >= 0.3 is 6.18 Å². The number of thioether (sulfide) groups is 1. The van der Waals surface area contributed by atoms with Crippen LogP contribution in [-0.4, -0.2) is 19.6 Å². The normalized spacial score (nSPS) is 12.2. The van der Waals surface area contributed by atoms with E-state index in [0.717, 1.165) is 12.3 Å². The van der Waals surface area contributed by atoms with Gasteiger partial charge in [-0.15, -0.1) is 10.2 Å². The maximum Gasteiger partial charge on any atom is 0.417 e. The molecule has 0 fully saturated rings. The van der Waals surface area contributed by atoms with E-state index in [1.807, 2.05) is 0 Å². The zero-order chi connectivity index (χ0) is 15.0. The average molecular weight is 314 g/mol. The van der Waals surface area contributed by atoms with Gasteiger partial charge in [-0.3, -0.25) is 4.40 Å². The molecular formula is C12H9F3N4OS. The predicted molar refractivity (Wildman–Crippen MR) is 68.8 cm³/mol. The summed E-state index contributed by atoms with van der Waals surface area (Å²) in [5, 5.41) is 8.07. The van der Waals surface area contributed by atoms with Crippen LogP contribution in [0.1, 0.15) is 17.2 Å². The minimum Gasteiger partial charge on any atom is -0.445 e. The first kappa shape index (κ1) is 13.9. The molecule has 3 aromatic heterocycles. The first-order valence-electron chi connectivity index (χ1n) is 5.89. The van der Waals surface area contributed by atoms with Crippen LogP contribution in [0.5, 0.6) is 0 Å². The maximum absolute atomic E-state index is 12.7. The Bertz CT molecular complexity index is 780. The highest BCUT2D eigenvalue weighted by molar-refractivity contribution is 7.98. The molecule has 5 nitrogen and oxygen atoms in total. The maximum atomic E-state index is 12.7. The van der Waals surface area contributed by atoms with Gasteiger partial charge < -0.3 is 4.42 Å². The van der Waals surface area contributed by atoms with Gasteiger partial charge in [0.05, 0.1) is 17.5 Å². The zero-order valence-electron chi connectivity index (χ0n) is 10.8. The number of hydrogen-bond donors (Lipinski definition) is 0. The van der Waals surface area contributed by atoms with Crippen LogP contribution in [0.25, 0.3) is 5.65 Å². The highest BCUT2D eigenvalue weighted by Gasteiger charge is 2.31. The van der Waals surface area contributed by atoms with Gasteiger partial charge in [-0.1, -0.05) is 11.8 Å². The summed E-state index contributed by atoms with van der Waals surface area (Å²) in [6.45, 7) is 1.77. The molecule has 3 rings (SSSR count). The van der Waals surface area contributed by atoms with Crippen molar-refractivity contribution in [1.29, 1.82) is 0 Å². The van der Waals surface area contributed by atoms with Gasteiger partial charge in [-0.2, -0.15) is 13.2 Å². The Hall–Kier alpha value is -2.03. The molecule has 110 valence electrons. The first-order chi connectivity index (χ1) is 9.93. The minimum absolute atomic E-state index is 0.354. The summed E-state index contributed by atoms with van der Waals surface area (Å²) in [6.07, 6.45) is -1.84. The van der Waals surface area contributed by atoms with E-state index in [1.54, 1.807) is 13.1 Å². The van der Waals surface area contributed by atoms with E-state index in [4.69, 9.17) is 4.42 Å². The van der Waals surface area contributed by atoms with Crippen LogP contribution in [0.3, 0.4) is 0 Å². The summed E-state index contributed by atoms with van der Waals surface area (Å²) in [4.78, 5) is 4.03. The number of aromatic nitrogens is 4. The molecular weight excluding hydrogens is 305 g/mol. The van der Waals surface area contributed by atoms with Gasteiger partial charge in [0.25, 0.3) is 0 Å². The number of aryl methyl sites for hydroxylation is 1. The second-order valence-electron chi connectivity index (χ2n) is 4.28. The van der Waals surface area contributed by atoms with Crippen LogP contribution in [0, 0.1) is 6.92 Å². The van der Waals surface area contributed by atoms with Crippen molar-refractivity contribution in [2.45, 2.75) is 24.0 Å². The quantitative estimate of drug-likeness (QED) is 0.694. The van der Waals surface area contributed by atoms with E-state index >= 15 is 0 Å². The van der Waals surface area contributed by atoms with Crippen molar-refractivity contribution in [2.75, 3.05) is 0 Å². The molecule has 3 heterocycles. The Labute approximate surface area is 121 Å². The molecule has 0 amide bonds. The lowest BCUT2D eigenvalue weighted by Crippen LogP contribution is -2.06. The molecule has 21 heavy (non-hydrogen) atoms. The monoisotopic (exact) mass is 314 g/mol. The molecule has 0 aromatic carbocycles. The van der Waals surface area contributed by atoms with Crippen LogP contribution in [0.4, 0.5) is 13.2 Å². The molecule has 0 saturated carbocycles. The van der Waals surface area contributed by atoms with Crippen molar-refractivity contribution in [3.05, 3.63) is 41.7 Å². The van der Waals surface area contributed by atoms with Crippen LogP contribution in [0.15, 0.2) is 34.1 Å². The Balaban J connectivity index is 1.88. The standard InChI is InChI=1S/C12H9F3N4OS/c1-7-4-16-10(20-7)6-21-11-18-17-9-3-2-8(5-19(9)11)12(13,14)15/h2-5H,6H2,1H3. The molecule has 0 radical (unpaired) electrons. The van der Waals surface area contributed by atoms with Gasteiger partial charge in [-0.25, -0.2) is 4.98 Å². The van der Waals surface area contributed by atoms with Gasteiger partial charge in [0.2, 0.25) is 5.89 Å². The largest absolute Gasteiger partial charge is 0.445 e. The van der Waals surface area contributed by atoms with Gasteiger partial charge in [0, 0.05) is 6.20 Å². The average Bonchev–Trinajstić information content (AvgIpc) is 3.01. The lowest BCUT2D eigenvalue weighted by Gasteiger charge is -2.07. The highest BCUT2D eigenvalue weighted by Crippen LogP contribution is 2.30. The number of rotatable bonds is 3. The highest BCUT2D eigenvalue weighted by atomic mass is 32.2. The SMILES string of the molecule is Cc1cnc(CSc2nnc3ccc(C(F)(F)F)cn23)o1. The fourth-order valence-corrected chi connectivity index (χ4v) is 2.50. The van der Waals surface area contributed by atoms with Crippen LogP contribution >= 0.6 is 11.8 Å². The molecule has 3 aromatic rings. The number of oxazole rings is 1. The number of nitrogens with zero attached hydrogens (tertiary/aromatic N) is 4. The summed E-state index contributed by atoms with van der Waals surface area (Å²) in [7, 11) is 0. The molecule has 0 aliphatic carbocycles. The second kappa shape index (κ2) is 5.06. The molecule has 9 heteroatoms. The smallest absolute Gasteiger partial charge is 0.417 e. The lowest BCUT2D eigenvalue weighted by molar-refractivity contribution is -0.137. The van der Waals surface area contributed by atoms with Crippen molar-refractivity contribution >= 4 is 17.4 Å². The Morgan fingerprint density at radius 3 is 2.76 bits per heavy atom. The molecule has 0 atom stereocenters. The molecule has 0 aliphatic heterocycles. The fourth-order valence-electron chi connectivity index (χ4n) is 1.73. The van der Waals surface area contributed by atoms with E-state index in [1.165, 1.54) is 22.2 Å². The van der Waals surface area contributed by atoms with Gasteiger partial charge in [-0.05, 0) is 19.1 Å². The van der Waals surface area contributed by atoms with Crippen molar-refractivity contribution < 1.29 is 17.6 Å². The van der Waals surface area contributed by atoms with Crippen LogP contribution < -0.4 is 0 Å². The van der Waals surface area contributed by atoms with E-state index in [0.29, 0.717) is 28.2 Å². The number of fused-ring (bicyclic) bond motifs is 1. The Morgan fingerprint density at radius 2 is 2.10 bits per heavy atom. The molecule has 0 aliphatic rings. The molecule has 0 N–H and O–H groups in total. The second-order valence-corrected chi connectivity index (χ2v) is 5.22. The number of pyridine rings is 1. The summed E-state index contributed by atoms with van der Waals surface area (Å²) in [6, 6.07) is 2.27. The number of hydrogen-bond acceptors (Lipinski definition) is 5. The Kier molecular flexibility index (Phi) is 3.36. The third kappa shape index (κ3) is 2.87. The van der Waals surface area contributed by atoms with E-state index in [2.05, 4.69) is 15.2 Å². The van der Waals surface area contributed by atoms with E-state index in [-0.39, 0.29) is 0 Å². The predicted octanol–water partition coefficient (Wildman–Crippen LogP) is 3.34. The number of halogens is 3. The molecule has 0 bridgehead atoms. The molecule has 0 saturated heterocycles. The number of alkyl halides is 3. The van der Waals surface area contributed by atoms with Crippen LogP contribution in [0.2, 0.25) is 0 Å². The fraction of sp³-hybridized carbons (Fsp3) is 0.250. The lowest BCUT2D eigenvalue weighted by atomic mass is 10.3. The van der Waals surface area contributed by atoms with Crippen molar-refractivity contribution in [3.63, 3.8) is 0 Å². The Morgan fingerprint density at radius 1 is 1.29 bits per heavy atom. The summed E-state index contributed by atoms with van der Waals surface area (Å²) >= 11 is 1.21. The third-order valence-electron chi connectivity index (χ3n) is 2.69.